The molecule has 1 aromatic carbocycles. The van der Waals surface area contributed by atoms with Gasteiger partial charge in [0.05, 0.1) is 0 Å². The van der Waals surface area contributed by atoms with E-state index in [1.165, 1.54) is 12.1 Å². The SMILES string of the molecule is CC[C@H](N)Cc1ccc(F)cc1. The number of rotatable bonds is 3. The van der Waals surface area contributed by atoms with Gasteiger partial charge in [0.1, 0.15) is 5.82 Å². The van der Waals surface area contributed by atoms with Crippen LogP contribution in [0.15, 0.2) is 24.3 Å². The van der Waals surface area contributed by atoms with E-state index in [9.17, 15) is 4.39 Å². The Morgan fingerprint density at radius 1 is 1.33 bits per heavy atom. The normalized spacial score (nSPS) is 12.9. The standard InChI is InChI=1S/C10H14FN/c1-2-10(12)7-8-3-5-9(11)6-4-8/h3-6,10H,2,7,12H2,1H3/t10-/m0/s1. The van der Waals surface area contributed by atoms with Gasteiger partial charge in [0.2, 0.25) is 0 Å². The minimum atomic E-state index is -0.191. The van der Waals surface area contributed by atoms with Crippen LogP contribution in [0, 0.1) is 5.82 Å². The first kappa shape index (κ1) is 9.20. The highest BCUT2D eigenvalue weighted by molar-refractivity contribution is 5.16. The van der Waals surface area contributed by atoms with Gasteiger partial charge >= 0.3 is 0 Å². The van der Waals surface area contributed by atoms with Crippen molar-refractivity contribution in [2.75, 3.05) is 0 Å². The molecule has 0 aliphatic carbocycles. The van der Waals surface area contributed by atoms with Crippen LogP contribution in [0.1, 0.15) is 18.9 Å². The Morgan fingerprint density at radius 3 is 2.42 bits per heavy atom. The largest absolute Gasteiger partial charge is 0.327 e. The number of halogens is 1. The van der Waals surface area contributed by atoms with Gasteiger partial charge < -0.3 is 5.73 Å². The molecule has 1 aromatic rings. The van der Waals surface area contributed by atoms with Crippen molar-refractivity contribution in [1.29, 1.82) is 0 Å². The predicted octanol–water partition coefficient (Wildman–Crippen LogP) is 2.11. The summed E-state index contributed by atoms with van der Waals surface area (Å²) in [6.07, 6.45) is 1.79. The Bertz CT molecular complexity index is 230. The second-order valence-electron chi connectivity index (χ2n) is 3.00. The van der Waals surface area contributed by atoms with Crippen LogP contribution in [0.5, 0.6) is 0 Å². The van der Waals surface area contributed by atoms with Crippen LogP contribution in [0.2, 0.25) is 0 Å². The quantitative estimate of drug-likeness (QED) is 0.733. The van der Waals surface area contributed by atoms with Crippen LogP contribution in [-0.2, 0) is 6.42 Å². The Balaban J connectivity index is 2.58. The molecule has 0 saturated carbocycles. The van der Waals surface area contributed by atoms with Crippen molar-refractivity contribution in [3.8, 4) is 0 Å². The topological polar surface area (TPSA) is 26.0 Å². The Hall–Kier alpha value is -0.890. The zero-order valence-electron chi connectivity index (χ0n) is 7.26. The summed E-state index contributed by atoms with van der Waals surface area (Å²) in [6, 6.07) is 6.70. The highest BCUT2D eigenvalue weighted by Gasteiger charge is 2.00. The van der Waals surface area contributed by atoms with Gasteiger partial charge in [-0.2, -0.15) is 0 Å². The summed E-state index contributed by atoms with van der Waals surface area (Å²) in [6.45, 7) is 2.05. The molecule has 0 radical (unpaired) electrons. The summed E-state index contributed by atoms with van der Waals surface area (Å²) in [7, 11) is 0. The molecule has 0 aliphatic heterocycles. The van der Waals surface area contributed by atoms with Crippen molar-refractivity contribution >= 4 is 0 Å². The zero-order valence-corrected chi connectivity index (χ0v) is 7.26. The molecule has 0 aromatic heterocycles. The number of nitrogens with two attached hydrogens (primary N) is 1. The molecule has 12 heavy (non-hydrogen) atoms. The summed E-state index contributed by atoms with van der Waals surface area (Å²) in [5, 5.41) is 0. The molecule has 1 atom stereocenters. The van der Waals surface area contributed by atoms with E-state index in [0.717, 1.165) is 18.4 Å². The molecule has 0 aliphatic rings. The molecular weight excluding hydrogens is 153 g/mol. The van der Waals surface area contributed by atoms with E-state index in [2.05, 4.69) is 0 Å². The molecule has 0 amide bonds. The average molecular weight is 167 g/mol. The van der Waals surface area contributed by atoms with Crippen molar-refractivity contribution in [2.24, 2.45) is 5.73 Å². The highest BCUT2D eigenvalue weighted by Crippen LogP contribution is 2.05. The molecule has 2 heteroatoms. The van der Waals surface area contributed by atoms with Gasteiger partial charge in [-0.15, -0.1) is 0 Å². The molecule has 0 fully saturated rings. The lowest BCUT2D eigenvalue weighted by Gasteiger charge is -2.07. The fourth-order valence-electron chi connectivity index (χ4n) is 1.07. The van der Waals surface area contributed by atoms with Gasteiger partial charge in [-0.1, -0.05) is 19.1 Å². The molecule has 66 valence electrons. The first-order valence-electron chi connectivity index (χ1n) is 4.22. The van der Waals surface area contributed by atoms with Crippen molar-refractivity contribution in [2.45, 2.75) is 25.8 Å². The molecule has 0 saturated heterocycles. The third-order valence-electron chi connectivity index (χ3n) is 1.94. The molecular formula is C10H14FN. The van der Waals surface area contributed by atoms with Crippen LogP contribution < -0.4 is 5.73 Å². The van der Waals surface area contributed by atoms with E-state index in [-0.39, 0.29) is 11.9 Å². The van der Waals surface area contributed by atoms with Gasteiger partial charge in [0, 0.05) is 6.04 Å². The maximum atomic E-state index is 12.5. The smallest absolute Gasteiger partial charge is 0.123 e. The molecule has 0 spiro atoms. The first-order chi connectivity index (χ1) is 5.72. The van der Waals surface area contributed by atoms with Crippen LogP contribution in [0.3, 0.4) is 0 Å². The monoisotopic (exact) mass is 167 g/mol. The third-order valence-corrected chi connectivity index (χ3v) is 1.94. The molecule has 1 nitrogen and oxygen atoms in total. The molecule has 0 heterocycles. The van der Waals surface area contributed by atoms with Gasteiger partial charge in [0.25, 0.3) is 0 Å². The fraction of sp³-hybridized carbons (Fsp3) is 0.400. The fourth-order valence-corrected chi connectivity index (χ4v) is 1.07. The summed E-state index contributed by atoms with van der Waals surface area (Å²) >= 11 is 0. The molecule has 0 unspecified atom stereocenters. The van der Waals surface area contributed by atoms with E-state index in [1.54, 1.807) is 12.1 Å². The van der Waals surface area contributed by atoms with Gasteiger partial charge in [-0.05, 0) is 30.5 Å². The number of hydrogen-bond acceptors (Lipinski definition) is 1. The van der Waals surface area contributed by atoms with E-state index >= 15 is 0 Å². The lowest BCUT2D eigenvalue weighted by atomic mass is 10.1. The molecule has 0 bridgehead atoms. The van der Waals surface area contributed by atoms with Crippen molar-refractivity contribution < 1.29 is 4.39 Å². The summed E-state index contributed by atoms with van der Waals surface area (Å²) in [4.78, 5) is 0. The van der Waals surface area contributed by atoms with Crippen LogP contribution in [0.25, 0.3) is 0 Å². The Morgan fingerprint density at radius 2 is 1.92 bits per heavy atom. The number of benzene rings is 1. The third kappa shape index (κ3) is 2.62. The van der Waals surface area contributed by atoms with Crippen molar-refractivity contribution in [3.63, 3.8) is 0 Å². The Kier molecular flexibility index (Phi) is 3.23. The van der Waals surface area contributed by atoms with Crippen LogP contribution >= 0.6 is 0 Å². The predicted molar refractivity (Wildman–Crippen MR) is 48.4 cm³/mol. The molecule has 1 rings (SSSR count). The van der Waals surface area contributed by atoms with Crippen molar-refractivity contribution in [3.05, 3.63) is 35.6 Å². The van der Waals surface area contributed by atoms with E-state index in [0.29, 0.717) is 0 Å². The summed E-state index contributed by atoms with van der Waals surface area (Å²) < 4.78 is 12.5. The molecule has 2 N–H and O–H groups in total. The average Bonchev–Trinajstić information content (AvgIpc) is 2.09. The maximum absolute atomic E-state index is 12.5. The minimum absolute atomic E-state index is 0.190. The summed E-state index contributed by atoms with van der Waals surface area (Å²) in [5.41, 5.74) is 6.85. The number of hydrogen-bond donors (Lipinski definition) is 1. The van der Waals surface area contributed by atoms with Gasteiger partial charge in [-0.3, -0.25) is 0 Å². The maximum Gasteiger partial charge on any atom is 0.123 e. The van der Waals surface area contributed by atoms with Crippen LogP contribution in [-0.4, -0.2) is 6.04 Å². The second-order valence-corrected chi connectivity index (χ2v) is 3.00. The van der Waals surface area contributed by atoms with E-state index in [4.69, 9.17) is 5.73 Å². The lowest BCUT2D eigenvalue weighted by molar-refractivity contribution is 0.621. The van der Waals surface area contributed by atoms with Crippen LogP contribution in [0.4, 0.5) is 4.39 Å². The summed E-state index contributed by atoms with van der Waals surface area (Å²) in [5.74, 6) is -0.191. The highest BCUT2D eigenvalue weighted by atomic mass is 19.1. The minimum Gasteiger partial charge on any atom is -0.327 e. The Labute approximate surface area is 72.4 Å². The van der Waals surface area contributed by atoms with Crippen molar-refractivity contribution in [1.82, 2.24) is 0 Å². The van der Waals surface area contributed by atoms with E-state index < -0.39 is 0 Å². The van der Waals surface area contributed by atoms with Gasteiger partial charge in [0.15, 0.2) is 0 Å². The lowest BCUT2D eigenvalue weighted by Crippen LogP contribution is -2.21. The van der Waals surface area contributed by atoms with Gasteiger partial charge in [-0.25, -0.2) is 4.39 Å². The van der Waals surface area contributed by atoms with E-state index in [1.807, 2.05) is 6.92 Å². The first-order valence-corrected chi connectivity index (χ1v) is 4.22. The second kappa shape index (κ2) is 4.21. The zero-order chi connectivity index (χ0) is 8.97.